The van der Waals surface area contributed by atoms with Crippen LogP contribution in [-0.4, -0.2) is 28.5 Å². The number of nitrogens with one attached hydrogen (secondary N) is 1. The zero-order valence-electron chi connectivity index (χ0n) is 10.6. The van der Waals surface area contributed by atoms with E-state index in [9.17, 15) is 15.0 Å². The number of phenolic OH excluding ortho intramolecular Hbond substituents is 2. The Balaban J connectivity index is 1.96. The van der Waals surface area contributed by atoms with E-state index in [0.717, 1.165) is 19.3 Å². The number of halogens is 1. The van der Waals surface area contributed by atoms with E-state index in [-0.39, 0.29) is 23.0 Å². The predicted octanol–water partition coefficient (Wildman–Crippen LogP) is 2.48. The molecule has 0 aliphatic heterocycles. The first kappa shape index (κ1) is 14.0. The van der Waals surface area contributed by atoms with E-state index in [1.807, 2.05) is 0 Å². The maximum absolute atomic E-state index is 12.0. The molecule has 1 aliphatic carbocycles. The zero-order valence-corrected chi connectivity index (χ0v) is 11.4. The van der Waals surface area contributed by atoms with Crippen molar-refractivity contribution in [3.05, 3.63) is 23.8 Å². The molecular formula is C14H18ClNO3. The molecule has 0 heterocycles. The topological polar surface area (TPSA) is 69.6 Å². The number of rotatable bonds is 4. The minimum atomic E-state index is -0.375. The molecule has 0 aromatic heterocycles. The summed E-state index contributed by atoms with van der Waals surface area (Å²) in [6.45, 7) is 0.561. The van der Waals surface area contributed by atoms with Gasteiger partial charge in [-0.05, 0) is 36.8 Å². The number of amides is 1. The number of aromatic hydroxyl groups is 2. The average Bonchev–Trinajstić information content (AvgIpc) is 2.86. The molecule has 1 aliphatic rings. The van der Waals surface area contributed by atoms with E-state index < -0.39 is 0 Å². The van der Waals surface area contributed by atoms with Crippen molar-refractivity contribution in [2.75, 3.05) is 12.4 Å². The van der Waals surface area contributed by atoms with Gasteiger partial charge in [-0.15, -0.1) is 11.6 Å². The highest BCUT2D eigenvalue weighted by Gasteiger charge is 2.27. The average molecular weight is 284 g/mol. The van der Waals surface area contributed by atoms with Crippen LogP contribution in [0.5, 0.6) is 11.5 Å². The third-order valence-corrected chi connectivity index (χ3v) is 4.20. The zero-order chi connectivity index (χ0) is 13.8. The van der Waals surface area contributed by atoms with Gasteiger partial charge in [0.05, 0.1) is 5.56 Å². The molecule has 0 bridgehead atoms. The molecule has 104 valence electrons. The lowest BCUT2D eigenvalue weighted by Crippen LogP contribution is -2.31. The van der Waals surface area contributed by atoms with Crippen molar-refractivity contribution < 1.29 is 15.0 Å². The Morgan fingerprint density at radius 1 is 1.32 bits per heavy atom. The summed E-state index contributed by atoms with van der Waals surface area (Å²) in [4.78, 5) is 12.0. The fraction of sp³-hybridized carbons (Fsp3) is 0.500. The van der Waals surface area contributed by atoms with Gasteiger partial charge in [-0.2, -0.15) is 0 Å². The fourth-order valence-corrected chi connectivity index (χ4v) is 3.03. The molecule has 19 heavy (non-hydrogen) atoms. The molecule has 2 atom stereocenters. The lowest BCUT2D eigenvalue weighted by atomic mass is 9.98. The van der Waals surface area contributed by atoms with Crippen molar-refractivity contribution in [2.24, 2.45) is 11.8 Å². The molecule has 1 aromatic rings. The third kappa shape index (κ3) is 3.13. The Bertz CT molecular complexity index is 464. The molecular weight excluding hydrogens is 266 g/mol. The summed E-state index contributed by atoms with van der Waals surface area (Å²) < 4.78 is 0. The van der Waals surface area contributed by atoms with Gasteiger partial charge in [0.1, 0.15) is 0 Å². The molecule has 1 aromatic carbocycles. The van der Waals surface area contributed by atoms with Gasteiger partial charge in [-0.25, -0.2) is 0 Å². The Kier molecular flexibility index (Phi) is 4.53. The van der Waals surface area contributed by atoms with Crippen LogP contribution in [-0.2, 0) is 0 Å². The number of carbonyl (C=O) groups excluding carboxylic acids is 1. The summed E-state index contributed by atoms with van der Waals surface area (Å²) in [6.07, 6.45) is 3.33. The summed E-state index contributed by atoms with van der Waals surface area (Å²) >= 11 is 5.90. The lowest BCUT2D eigenvalue weighted by Gasteiger charge is -2.17. The quantitative estimate of drug-likeness (QED) is 0.587. The maximum atomic E-state index is 12.0. The van der Waals surface area contributed by atoms with Gasteiger partial charge in [-0.3, -0.25) is 4.79 Å². The third-order valence-electron chi connectivity index (χ3n) is 3.80. The molecule has 1 amide bonds. The molecule has 4 nitrogen and oxygen atoms in total. The van der Waals surface area contributed by atoms with Crippen molar-refractivity contribution >= 4 is 17.5 Å². The maximum Gasteiger partial charge on any atom is 0.255 e. The van der Waals surface area contributed by atoms with Crippen LogP contribution in [0.2, 0.25) is 0 Å². The Hall–Kier alpha value is -1.42. The van der Waals surface area contributed by atoms with E-state index in [4.69, 9.17) is 11.6 Å². The number of hydrogen-bond acceptors (Lipinski definition) is 3. The SMILES string of the molecule is O=C(NCC1CCCC1CCl)c1cccc(O)c1O. The highest BCUT2D eigenvalue weighted by atomic mass is 35.5. The standard InChI is InChI=1S/C14H18ClNO3/c15-7-9-3-1-4-10(9)8-16-14(19)11-5-2-6-12(17)13(11)18/h2,5-6,9-10,17-18H,1,3-4,7-8H2,(H,16,19). The van der Waals surface area contributed by atoms with Crippen LogP contribution in [0.15, 0.2) is 18.2 Å². The van der Waals surface area contributed by atoms with Crippen LogP contribution >= 0.6 is 11.6 Å². The first-order valence-electron chi connectivity index (χ1n) is 6.48. The number of phenols is 2. The van der Waals surface area contributed by atoms with Gasteiger partial charge in [-0.1, -0.05) is 12.5 Å². The molecule has 0 radical (unpaired) electrons. The van der Waals surface area contributed by atoms with Gasteiger partial charge in [0, 0.05) is 12.4 Å². The summed E-state index contributed by atoms with van der Waals surface area (Å²) in [5.41, 5.74) is 0.0976. The number of hydrogen-bond donors (Lipinski definition) is 3. The van der Waals surface area contributed by atoms with E-state index >= 15 is 0 Å². The van der Waals surface area contributed by atoms with Crippen LogP contribution in [0, 0.1) is 11.8 Å². The van der Waals surface area contributed by atoms with Crippen molar-refractivity contribution in [2.45, 2.75) is 19.3 Å². The van der Waals surface area contributed by atoms with Gasteiger partial charge >= 0.3 is 0 Å². The van der Waals surface area contributed by atoms with Crippen molar-refractivity contribution in [1.29, 1.82) is 0 Å². The molecule has 1 fully saturated rings. The van der Waals surface area contributed by atoms with Crippen molar-refractivity contribution in [1.82, 2.24) is 5.32 Å². The molecule has 0 spiro atoms. The van der Waals surface area contributed by atoms with Gasteiger partial charge in [0.15, 0.2) is 11.5 Å². The fourth-order valence-electron chi connectivity index (χ4n) is 2.62. The molecule has 2 unspecified atom stereocenters. The minimum absolute atomic E-state index is 0.0976. The molecule has 1 saturated carbocycles. The van der Waals surface area contributed by atoms with Gasteiger partial charge in [0.2, 0.25) is 0 Å². The highest BCUT2D eigenvalue weighted by molar-refractivity contribution is 6.18. The smallest absolute Gasteiger partial charge is 0.255 e. The Morgan fingerprint density at radius 3 is 2.79 bits per heavy atom. The van der Waals surface area contributed by atoms with E-state index in [0.29, 0.717) is 24.3 Å². The van der Waals surface area contributed by atoms with Crippen molar-refractivity contribution in [3.63, 3.8) is 0 Å². The van der Waals surface area contributed by atoms with Crippen LogP contribution in [0.25, 0.3) is 0 Å². The molecule has 2 rings (SSSR count). The monoisotopic (exact) mass is 283 g/mol. The van der Waals surface area contributed by atoms with Crippen LogP contribution in [0.1, 0.15) is 29.6 Å². The van der Waals surface area contributed by atoms with Crippen LogP contribution < -0.4 is 5.32 Å². The normalized spacial score (nSPS) is 22.4. The van der Waals surface area contributed by atoms with Crippen molar-refractivity contribution in [3.8, 4) is 11.5 Å². The number of alkyl halides is 1. The first-order chi connectivity index (χ1) is 9.13. The number of benzene rings is 1. The Morgan fingerprint density at radius 2 is 2.05 bits per heavy atom. The summed E-state index contributed by atoms with van der Waals surface area (Å²) in [5.74, 6) is 0.458. The second-order valence-corrected chi connectivity index (χ2v) is 5.30. The second kappa shape index (κ2) is 6.15. The number of para-hydroxylation sites is 1. The van der Waals surface area contributed by atoms with Crippen LogP contribution in [0.4, 0.5) is 0 Å². The lowest BCUT2D eigenvalue weighted by molar-refractivity contribution is 0.0941. The molecule has 0 saturated heterocycles. The largest absolute Gasteiger partial charge is 0.504 e. The summed E-state index contributed by atoms with van der Waals surface area (Å²) in [6, 6.07) is 4.35. The van der Waals surface area contributed by atoms with Crippen LogP contribution in [0.3, 0.4) is 0 Å². The molecule has 5 heteroatoms. The van der Waals surface area contributed by atoms with E-state index in [1.54, 1.807) is 0 Å². The minimum Gasteiger partial charge on any atom is -0.504 e. The summed E-state index contributed by atoms with van der Waals surface area (Å²) in [7, 11) is 0. The van der Waals surface area contributed by atoms with Gasteiger partial charge in [0.25, 0.3) is 5.91 Å². The molecule has 3 N–H and O–H groups in total. The van der Waals surface area contributed by atoms with Gasteiger partial charge < -0.3 is 15.5 Å². The highest BCUT2D eigenvalue weighted by Crippen LogP contribution is 2.32. The Labute approximate surface area is 117 Å². The second-order valence-electron chi connectivity index (χ2n) is 4.99. The first-order valence-corrected chi connectivity index (χ1v) is 7.02. The number of carbonyl (C=O) groups is 1. The van der Waals surface area contributed by atoms with E-state index in [2.05, 4.69) is 5.32 Å². The predicted molar refractivity (Wildman–Crippen MR) is 73.7 cm³/mol. The summed E-state index contributed by atoms with van der Waals surface area (Å²) in [5, 5.41) is 21.8. The van der Waals surface area contributed by atoms with E-state index in [1.165, 1.54) is 18.2 Å².